The SMILES string of the molecule is CC1CCC2(CC1)NC(=O)N(CC(=O)N1CCC(NC(=O)c3ccsc3)CC1)C2=O. The Bertz CT molecular complexity index is 824. The monoisotopic (exact) mass is 432 g/mol. The van der Waals surface area contributed by atoms with E-state index in [2.05, 4.69) is 17.6 Å². The van der Waals surface area contributed by atoms with Gasteiger partial charge >= 0.3 is 6.03 Å². The smallest absolute Gasteiger partial charge is 0.325 e. The summed E-state index contributed by atoms with van der Waals surface area (Å²) in [5.41, 5.74) is -0.161. The molecule has 0 unspecified atom stereocenters. The van der Waals surface area contributed by atoms with Gasteiger partial charge in [0.05, 0.1) is 0 Å². The summed E-state index contributed by atoms with van der Waals surface area (Å²) < 4.78 is 0. The normalized spacial score (nSPS) is 27.4. The summed E-state index contributed by atoms with van der Waals surface area (Å²) in [6.45, 7) is 2.94. The standard InChI is InChI=1S/C21H28N4O4S/c1-14-2-7-21(8-3-14)19(28)25(20(29)23-21)12-17(26)24-9-4-16(5-10-24)22-18(27)15-6-11-30-13-15/h6,11,13-14,16H,2-5,7-10,12H2,1H3,(H,22,27)(H,23,29). The molecule has 8 nitrogen and oxygen atoms in total. The molecule has 3 heterocycles. The Balaban J connectivity index is 1.28. The third kappa shape index (κ3) is 4.08. The predicted octanol–water partition coefficient (Wildman–Crippen LogP) is 1.97. The highest BCUT2D eigenvalue weighted by molar-refractivity contribution is 7.08. The molecule has 2 saturated heterocycles. The van der Waals surface area contributed by atoms with Crippen LogP contribution in [-0.4, -0.2) is 64.8 Å². The van der Waals surface area contributed by atoms with Crippen LogP contribution < -0.4 is 10.6 Å². The first-order valence-electron chi connectivity index (χ1n) is 10.6. The summed E-state index contributed by atoms with van der Waals surface area (Å²) in [4.78, 5) is 53.1. The highest BCUT2D eigenvalue weighted by atomic mass is 32.1. The van der Waals surface area contributed by atoms with E-state index in [0.717, 1.165) is 17.7 Å². The van der Waals surface area contributed by atoms with Crippen molar-refractivity contribution in [3.8, 4) is 0 Å². The summed E-state index contributed by atoms with van der Waals surface area (Å²) in [6.07, 6.45) is 4.39. The molecule has 0 atom stereocenters. The van der Waals surface area contributed by atoms with E-state index >= 15 is 0 Å². The van der Waals surface area contributed by atoms with E-state index in [4.69, 9.17) is 0 Å². The van der Waals surface area contributed by atoms with Gasteiger partial charge in [-0.05, 0) is 55.9 Å². The zero-order valence-electron chi connectivity index (χ0n) is 17.2. The van der Waals surface area contributed by atoms with Crippen molar-refractivity contribution in [1.29, 1.82) is 0 Å². The van der Waals surface area contributed by atoms with Crippen LogP contribution in [0, 0.1) is 5.92 Å². The van der Waals surface area contributed by atoms with Crippen LogP contribution in [0.15, 0.2) is 16.8 Å². The highest BCUT2D eigenvalue weighted by Gasteiger charge is 2.52. The van der Waals surface area contributed by atoms with Crippen molar-refractivity contribution in [3.05, 3.63) is 22.4 Å². The van der Waals surface area contributed by atoms with Gasteiger partial charge in [0.2, 0.25) is 5.91 Å². The maximum Gasteiger partial charge on any atom is 0.325 e. The van der Waals surface area contributed by atoms with Crippen LogP contribution in [0.5, 0.6) is 0 Å². The third-order valence-electron chi connectivity index (χ3n) is 6.63. The second-order valence-electron chi connectivity index (χ2n) is 8.73. The molecule has 1 spiro atoms. The first-order valence-corrected chi connectivity index (χ1v) is 11.6. The Morgan fingerprint density at radius 1 is 1.20 bits per heavy atom. The van der Waals surface area contributed by atoms with Gasteiger partial charge in [-0.15, -0.1) is 0 Å². The molecule has 3 aliphatic rings. The Labute approximate surface area is 180 Å². The Kier molecular flexibility index (Phi) is 5.81. The van der Waals surface area contributed by atoms with Crippen LogP contribution in [0.1, 0.15) is 55.8 Å². The lowest BCUT2D eigenvalue weighted by molar-refractivity contribution is -0.140. The molecule has 1 aliphatic carbocycles. The van der Waals surface area contributed by atoms with E-state index in [1.807, 2.05) is 10.8 Å². The Hall–Kier alpha value is -2.42. The summed E-state index contributed by atoms with van der Waals surface area (Å²) in [7, 11) is 0. The second-order valence-corrected chi connectivity index (χ2v) is 9.51. The molecule has 9 heteroatoms. The van der Waals surface area contributed by atoms with Crippen molar-refractivity contribution in [1.82, 2.24) is 20.4 Å². The van der Waals surface area contributed by atoms with Crippen molar-refractivity contribution in [2.45, 2.75) is 57.0 Å². The summed E-state index contributed by atoms with van der Waals surface area (Å²) >= 11 is 1.48. The van der Waals surface area contributed by atoms with Crippen LogP contribution in [-0.2, 0) is 9.59 Å². The van der Waals surface area contributed by atoms with E-state index in [0.29, 0.717) is 50.3 Å². The first-order chi connectivity index (χ1) is 14.4. The van der Waals surface area contributed by atoms with E-state index in [-0.39, 0.29) is 30.3 Å². The number of hydrogen-bond donors (Lipinski definition) is 2. The van der Waals surface area contributed by atoms with Crippen LogP contribution in [0.4, 0.5) is 4.79 Å². The van der Waals surface area contributed by atoms with Gasteiger partial charge in [0.25, 0.3) is 11.8 Å². The minimum absolute atomic E-state index is 0.0191. The molecule has 3 fully saturated rings. The van der Waals surface area contributed by atoms with E-state index in [1.165, 1.54) is 11.3 Å². The van der Waals surface area contributed by atoms with Gasteiger partial charge in [0.1, 0.15) is 12.1 Å². The van der Waals surface area contributed by atoms with Gasteiger partial charge in [-0.1, -0.05) is 6.92 Å². The average Bonchev–Trinajstić information content (AvgIpc) is 3.35. The largest absolute Gasteiger partial charge is 0.349 e. The molecule has 4 rings (SSSR count). The zero-order valence-corrected chi connectivity index (χ0v) is 18.0. The van der Waals surface area contributed by atoms with Crippen molar-refractivity contribution in [2.24, 2.45) is 5.92 Å². The average molecular weight is 433 g/mol. The predicted molar refractivity (Wildman–Crippen MR) is 112 cm³/mol. The Morgan fingerprint density at radius 2 is 1.90 bits per heavy atom. The van der Waals surface area contributed by atoms with Gasteiger partial charge in [0, 0.05) is 30.1 Å². The van der Waals surface area contributed by atoms with E-state index < -0.39 is 11.6 Å². The first kappa shape index (κ1) is 20.8. The molecule has 5 amide bonds. The number of carbonyl (C=O) groups excluding carboxylic acids is 4. The number of nitrogens with one attached hydrogen (secondary N) is 2. The minimum atomic E-state index is -0.817. The molecule has 2 aliphatic heterocycles. The summed E-state index contributed by atoms with van der Waals surface area (Å²) in [5, 5.41) is 9.55. The fraction of sp³-hybridized carbons (Fsp3) is 0.619. The zero-order chi connectivity index (χ0) is 21.3. The molecule has 0 aromatic carbocycles. The van der Waals surface area contributed by atoms with Gasteiger partial charge in [0.15, 0.2) is 0 Å². The van der Waals surface area contributed by atoms with Crippen LogP contribution in [0.25, 0.3) is 0 Å². The molecular formula is C21H28N4O4S. The van der Waals surface area contributed by atoms with E-state index in [1.54, 1.807) is 11.0 Å². The fourth-order valence-electron chi connectivity index (χ4n) is 4.58. The molecule has 0 bridgehead atoms. The van der Waals surface area contributed by atoms with Crippen LogP contribution >= 0.6 is 11.3 Å². The number of nitrogens with zero attached hydrogens (tertiary/aromatic N) is 2. The molecule has 2 N–H and O–H groups in total. The number of piperidine rings is 1. The van der Waals surface area contributed by atoms with E-state index in [9.17, 15) is 19.2 Å². The highest BCUT2D eigenvalue weighted by Crippen LogP contribution is 2.36. The maximum atomic E-state index is 12.9. The molecule has 0 radical (unpaired) electrons. The summed E-state index contributed by atoms with van der Waals surface area (Å²) in [5.74, 6) is -0.0157. The second kappa shape index (κ2) is 8.37. The molecule has 1 aromatic heterocycles. The number of imide groups is 1. The van der Waals surface area contributed by atoms with Gasteiger partial charge < -0.3 is 15.5 Å². The molecule has 30 heavy (non-hydrogen) atoms. The van der Waals surface area contributed by atoms with Crippen LogP contribution in [0.2, 0.25) is 0 Å². The lowest BCUT2D eigenvalue weighted by atomic mass is 9.77. The van der Waals surface area contributed by atoms with Crippen molar-refractivity contribution >= 4 is 35.1 Å². The Morgan fingerprint density at radius 3 is 2.53 bits per heavy atom. The number of urea groups is 1. The summed E-state index contributed by atoms with van der Waals surface area (Å²) in [6, 6.07) is 1.35. The topological polar surface area (TPSA) is 98.8 Å². The van der Waals surface area contributed by atoms with Gasteiger partial charge in [-0.25, -0.2) is 4.79 Å². The minimum Gasteiger partial charge on any atom is -0.349 e. The molecule has 1 saturated carbocycles. The lowest BCUT2D eigenvalue weighted by Crippen LogP contribution is -2.51. The number of thiophene rings is 1. The van der Waals surface area contributed by atoms with Gasteiger partial charge in [-0.2, -0.15) is 11.3 Å². The number of carbonyl (C=O) groups is 4. The molecular weight excluding hydrogens is 404 g/mol. The van der Waals surface area contributed by atoms with Crippen LogP contribution in [0.3, 0.4) is 0 Å². The van der Waals surface area contributed by atoms with Crippen molar-refractivity contribution in [2.75, 3.05) is 19.6 Å². The fourth-order valence-corrected chi connectivity index (χ4v) is 5.22. The molecule has 1 aromatic rings. The van der Waals surface area contributed by atoms with Crippen molar-refractivity contribution in [3.63, 3.8) is 0 Å². The third-order valence-corrected chi connectivity index (χ3v) is 7.32. The number of likely N-dealkylation sites (tertiary alicyclic amines) is 1. The van der Waals surface area contributed by atoms with Crippen molar-refractivity contribution < 1.29 is 19.2 Å². The number of rotatable bonds is 4. The molecule has 162 valence electrons. The maximum absolute atomic E-state index is 12.9. The number of amides is 5. The lowest BCUT2D eigenvalue weighted by Gasteiger charge is -2.34. The number of hydrogen-bond acceptors (Lipinski definition) is 5. The van der Waals surface area contributed by atoms with Gasteiger partial charge in [-0.3, -0.25) is 19.3 Å². The quantitative estimate of drug-likeness (QED) is 0.711.